The lowest BCUT2D eigenvalue weighted by atomic mass is 9.78. The first-order valence-electron chi connectivity index (χ1n) is 7.72. The van der Waals surface area contributed by atoms with Gasteiger partial charge in [-0.1, -0.05) is 39.0 Å². The monoisotopic (exact) mass is 239 g/mol. The van der Waals surface area contributed by atoms with E-state index in [1.54, 1.807) is 0 Å². The Labute approximate surface area is 107 Å². The summed E-state index contributed by atoms with van der Waals surface area (Å²) in [6.07, 6.45) is 13.3. The zero-order chi connectivity index (χ0) is 12.0. The fourth-order valence-electron chi connectivity index (χ4n) is 3.43. The van der Waals surface area contributed by atoms with Crippen LogP contribution >= 0.6 is 0 Å². The smallest absolute Gasteiger partial charge is 0.0697 e. The lowest BCUT2D eigenvalue weighted by Gasteiger charge is -2.43. The van der Waals surface area contributed by atoms with Gasteiger partial charge in [0.25, 0.3) is 0 Å². The second kappa shape index (κ2) is 6.75. The van der Waals surface area contributed by atoms with Gasteiger partial charge in [-0.3, -0.25) is 0 Å². The number of hydrogen-bond acceptors (Lipinski definition) is 2. The number of rotatable bonds is 5. The van der Waals surface area contributed by atoms with E-state index in [0.717, 1.165) is 12.6 Å². The molecule has 0 bridgehead atoms. The van der Waals surface area contributed by atoms with E-state index in [4.69, 9.17) is 4.74 Å². The van der Waals surface area contributed by atoms with E-state index in [2.05, 4.69) is 12.2 Å². The highest BCUT2D eigenvalue weighted by Gasteiger charge is 2.38. The molecule has 2 aliphatic rings. The Morgan fingerprint density at radius 1 is 1.18 bits per heavy atom. The molecule has 1 aliphatic carbocycles. The summed E-state index contributed by atoms with van der Waals surface area (Å²) in [5.41, 5.74) is 0.263. The maximum atomic E-state index is 6.12. The van der Waals surface area contributed by atoms with Crippen molar-refractivity contribution in [3.05, 3.63) is 0 Å². The van der Waals surface area contributed by atoms with Crippen molar-refractivity contribution in [2.45, 2.75) is 82.8 Å². The molecule has 2 fully saturated rings. The molecule has 0 amide bonds. The first-order chi connectivity index (χ1) is 8.35. The zero-order valence-corrected chi connectivity index (χ0v) is 11.5. The fraction of sp³-hybridized carbons (Fsp3) is 1.00. The molecule has 1 atom stereocenters. The molecule has 1 aliphatic heterocycles. The predicted octanol–water partition coefficient (Wildman–Crippen LogP) is 3.65. The summed E-state index contributed by atoms with van der Waals surface area (Å²) in [7, 11) is 0. The third kappa shape index (κ3) is 3.96. The Bertz CT molecular complexity index is 205. The molecule has 0 aromatic rings. The van der Waals surface area contributed by atoms with Gasteiger partial charge in [-0.05, 0) is 38.6 Å². The van der Waals surface area contributed by atoms with Crippen LogP contribution in [0.1, 0.15) is 71.1 Å². The SMILES string of the molecule is CCCCCNC1CCOC2(CCCCC2)C1. The van der Waals surface area contributed by atoms with Crippen molar-refractivity contribution in [1.82, 2.24) is 5.32 Å². The molecule has 0 aromatic heterocycles. The highest BCUT2D eigenvalue weighted by molar-refractivity contribution is 4.91. The molecule has 2 heteroatoms. The van der Waals surface area contributed by atoms with Crippen LogP contribution in [0.5, 0.6) is 0 Å². The zero-order valence-electron chi connectivity index (χ0n) is 11.5. The minimum Gasteiger partial charge on any atom is -0.375 e. The highest BCUT2D eigenvalue weighted by atomic mass is 16.5. The van der Waals surface area contributed by atoms with Gasteiger partial charge in [0, 0.05) is 12.6 Å². The molecule has 0 aromatic carbocycles. The lowest BCUT2D eigenvalue weighted by Crippen LogP contribution is -2.48. The molecule has 1 spiro atoms. The lowest BCUT2D eigenvalue weighted by molar-refractivity contribution is -0.109. The van der Waals surface area contributed by atoms with Crippen LogP contribution in [0.3, 0.4) is 0 Å². The first kappa shape index (κ1) is 13.4. The molecule has 0 radical (unpaired) electrons. The second-order valence-electron chi connectivity index (χ2n) is 5.94. The van der Waals surface area contributed by atoms with E-state index in [0.29, 0.717) is 0 Å². The van der Waals surface area contributed by atoms with Crippen LogP contribution < -0.4 is 5.32 Å². The summed E-state index contributed by atoms with van der Waals surface area (Å²) in [6, 6.07) is 0.721. The predicted molar refractivity (Wildman–Crippen MR) is 72.3 cm³/mol. The average Bonchev–Trinajstić information content (AvgIpc) is 2.36. The molecule has 1 saturated heterocycles. The molecule has 1 heterocycles. The summed E-state index contributed by atoms with van der Waals surface area (Å²) in [5, 5.41) is 3.75. The van der Waals surface area contributed by atoms with E-state index in [1.807, 2.05) is 0 Å². The molecular formula is C15H29NO. The van der Waals surface area contributed by atoms with E-state index in [-0.39, 0.29) is 5.60 Å². The van der Waals surface area contributed by atoms with Crippen LogP contribution in [-0.4, -0.2) is 24.8 Å². The molecule has 2 rings (SSSR count). The minimum atomic E-state index is 0.263. The third-order valence-electron chi connectivity index (χ3n) is 4.47. The highest BCUT2D eigenvalue weighted by Crippen LogP contribution is 2.38. The van der Waals surface area contributed by atoms with Crippen molar-refractivity contribution < 1.29 is 4.74 Å². The number of ether oxygens (including phenoxy) is 1. The summed E-state index contributed by atoms with van der Waals surface area (Å²) in [6.45, 7) is 4.45. The summed E-state index contributed by atoms with van der Waals surface area (Å²) >= 11 is 0. The van der Waals surface area contributed by atoms with Crippen molar-refractivity contribution in [3.63, 3.8) is 0 Å². The van der Waals surface area contributed by atoms with Crippen molar-refractivity contribution >= 4 is 0 Å². The Balaban J connectivity index is 1.72. The Hall–Kier alpha value is -0.0800. The summed E-state index contributed by atoms with van der Waals surface area (Å²) in [4.78, 5) is 0. The quantitative estimate of drug-likeness (QED) is 0.739. The van der Waals surface area contributed by atoms with Gasteiger partial charge in [-0.15, -0.1) is 0 Å². The van der Waals surface area contributed by atoms with Crippen molar-refractivity contribution in [2.75, 3.05) is 13.2 Å². The van der Waals surface area contributed by atoms with E-state index in [1.165, 1.54) is 70.8 Å². The van der Waals surface area contributed by atoms with E-state index in [9.17, 15) is 0 Å². The van der Waals surface area contributed by atoms with Gasteiger partial charge in [-0.2, -0.15) is 0 Å². The van der Waals surface area contributed by atoms with Crippen LogP contribution in [0.25, 0.3) is 0 Å². The Kier molecular flexibility index (Phi) is 5.30. The standard InChI is InChI=1S/C15H29NO/c1-2-3-7-11-16-14-8-12-17-15(13-14)9-5-4-6-10-15/h14,16H,2-13H2,1H3. The molecular weight excluding hydrogens is 210 g/mol. The summed E-state index contributed by atoms with van der Waals surface area (Å²) < 4.78 is 6.12. The average molecular weight is 239 g/mol. The topological polar surface area (TPSA) is 21.3 Å². The van der Waals surface area contributed by atoms with Gasteiger partial charge in [0.05, 0.1) is 5.60 Å². The van der Waals surface area contributed by atoms with Gasteiger partial charge in [0.1, 0.15) is 0 Å². The molecule has 1 unspecified atom stereocenters. The van der Waals surface area contributed by atoms with Crippen LogP contribution in [0.4, 0.5) is 0 Å². The normalized spacial score (nSPS) is 28.4. The van der Waals surface area contributed by atoms with Gasteiger partial charge >= 0.3 is 0 Å². The summed E-state index contributed by atoms with van der Waals surface area (Å²) in [5.74, 6) is 0. The molecule has 1 saturated carbocycles. The van der Waals surface area contributed by atoms with E-state index < -0.39 is 0 Å². The fourth-order valence-corrected chi connectivity index (χ4v) is 3.43. The number of hydrogen-bond donors (Lipinski definition) is 1. The maximum absolute atomic E-state index is 6.12. The number of nitrogens with one attached hydrogen (secondary N) is 1. The second-order valence-corrected chi connectivity index (χ2v) is 5.94. The van der Waals surface area contributed by atoms with Gasteiger partial charge < -0.3 is 10.1 Å². The van der Waals surface area contributed by atoms with Crippen LogP contribution in [-0.2, 0) is 4.74 Å². The molecule has 1 N–H and O–H groups in total. The molecule has 100 valence electrons. The Morgan fingerprint density at radius 2 is 2.00 bits per heavy atom. The molecule has 2 nitrogen and oxygen atoms in total. The molecule has 17 heavy (non-hydrogen) atoms. The van der Waals surface area contributed by atoms with Crippen LogP contribution in [0.2, 0.25) is 0 Å². The minimum absolute atomic E-state index is 0.263. The van der Waals surface area contributed by atoms with Crippen molar-refractivity contribution in [2.24, 2.45) is 0 Å². The van der Waals surface area contributed by atoms with Crippen LogP contribution in [0, 0.1) is 0 Å². The van der Waals surface area contributed by atoms with E-state index >= 15 is 0 Å². The van der Waals surface area contributed by atoms with Gasteiger partial charge in [0.2, 0.25) is 0 Å². The first-order valence-corrected chi connectivity index (χ1v) is 7.72. The van der Waals surface area contributed by atoms with Gasteiger partial charge in [0.15, 0.2) is 0 Å². The van der Waals surface area contributed by atoms with Crippen molar-refractivity contribution in [3.8, 4) is 0 Å². The van der Waals surface area contributed by atoms with Gasteiger partial charge in [-0.25, -0.2) is 0 Å². The van der Waals surface area contributed by atoms with Crippen molar-refractivity contribution in [1.29, 1.82) is 0 Å². The maximum Gasteiger partial charge on any atom is 0.0697 e. The number of unbranched alkanes of at least 4 members (excludes halogenated alkanes) is 2. The largest absolute Gasteiger partial charge is 0.375 e. The third-order valence-corrected chi connectivity index (χ3v) is 4.47. The van der Waals surface area contributed by atoms with Crippen LogP contribution in [0.15, 0.2) is 0 Å². The Morgan fingerprint density at radius 3 is 2.76 bits per heavy atom.